The first kappa shape index (κ1) is 14.8. The second-order valence-corrected chi connectivity index (χ2v) is 6.80. The Labute approximate surface area is 124 Å². The third-order valence-corrected chi connectivity index (χ3v) is 4.24. The molecule has 1 fully saturated rings. The maximum atomic E-state index is 4.67. The SMILES string of the molecule is CCCNCc1cc(Br)cnc1N1CCCC1(C)C. The highest BCUT2D eigenvalue weighted by Crippen LogP contribution is 2.34. The van der Waals surface area contributed by atoms with Crippen LogP contribution in [0.4, 0.5) is 5.82 Å². The molecule has 1 aliphatic heterocycles. The highest BCUT2D eigenvalue weighted by atomic mass is 79.9. The molecular formula is C15H24BrN3. The molecule has 0 bridgehead atoms. The van der Waals surface area contributed by atoms with E-state index >= 15 is 0 Å². The van der Waals surface area contributed by atoms with Crippen LogP contribution in [0.1, 0.15) is 45.6 Å². The van der Waals surface area contributed by atoms with E-state index in [9.17, 15) is 0 Å². The van der Waals surface area contributed by atoms with Gasteiger partial charge >= 0.3 is 0 Å². The van der Waals surface area contributed by atoms with Gasteiger partial charge in [-0.05, 0) is 61.7 Å². The van der Waals surface area contributed by atoms with Crippen molar-refractivity contribution >= 4 is 21.7 Å². The lowest BCUT2D eigenvalue weighted by Gasteiger charge is -2.34. The molecule has 4 heteroatoms. The van der Waals surface area contributed by atoms with Crippen LogP contribution in [0.2, 0.25) is 0 Å². The molecule has 0 unspecified atom stereocenters. The molecule has 0 aromatic carbocycles. The molecule has 0 spiro atoms. The van der Waals surface area contributed by atoms with Gasteiger partial charge in [0.25, 0.3) is 0 Å². The number of hydrogen-bond donors (Lipinski definition) is 1. The van der Waals surface area contributed by atoms with Crippen molar-refractivity contribution in [2.24, 2.45) is 0 Å². The van der Waals surface area contributed by atoms with E-state index in [1.54, 1.807) is 0 Å². The number of rotatable bonds is 5. The van der Waals surface area contributed by atoms with E-state index in [-0.39, 0.29) is 5.54 Å². The molecule has 0 radical (unpaired) electrons. The van der Waals surface area contributed by atoms with Crippen molar-refractivity contribution in [3.05, 3.63) is 22.3 Å². The normalized spacial score (nSPS) is 18.0. The molecule has 1 aromatic rings. The predicted molar refractivity (Wildman–Crippen MR) is 84.6 cm³/mol. The first-order valence-electron chi connectivity index (χ1n) is 7.17. The summed E-state index contributed by atoms with van der Waals surface area (Å²) in [4.78, 5) is 7.13. The van der Waals surface area contributed by atoms with E-state index in [4.69, 9.17) is 0 Å². The summed E-state index contributed by atoms with van der Waals surface area (Å²) in [7, 11) is 0. The molecule has 0 saturated carbocycles. The van der Waals surface area contributed by atoms with Crippen molar-refractivity contribution < 1.29 is 0 Å². The molecule has 106 valence electrons. The van der Waals surface area contributed by atoms with E-state index in [1.165, 1.54) is 18.4 Å². The number of nitrogens with zero attached hydrogens (tertiary/aromatic N) is 2. The molecule has 0 amide bonds. The van der Waals surface area contributed by atoms with E-state index in [0.29, 0.717) is 0 Å². The number of nitrogens with one attached hydrogen (secondary N) is 1. The Hall–Kier alpha value is -0.610. The van der Waals surface area contributed by atoms with Crippen LogP contribution in [-0.2, 0) is 6.54 Å². The molecule has 1 saturated heterocycles. The van der Waals surface area contributed by atoms with E-state index in [1.807, 2.05) is 6.20 Å². The minimum Gasteiger partial charge on any atom is -0.351 e. The van der Waals surface area contributed by atoms with Gasteiger partial charge in [0.2, 0.25) is 0 Å². The average molecular weight is 326 g/mol. The lowest BCUT2D eigenvalue weighted by atomic mass is 10.0. The van der Waals surface area contributed by atoms with Crippen LogP contribution in [0.25, 0.3) is 0 Å². The third kappa shape index (κ3) is 3.48. The zero-order chi connectivity index (χ0) is 13.9. The second kappa shape index (κ2) is 6.23. The van der Waals surface area contributed by atoms with Crippen LogP contribution in [0, 0.1) is 0 Å². The zero-order valence-corrected chi connectivity index (χ0v) is 13.8. The number of anilines is 1. The molecule has 0 atom stereocenters. The van der Waals surface area contributed by atoms with Crippen LogP contribution >= 0.6 is 15.9 Å². The summed E-state index contributed by atoms with van der Waals surface area (Å²) in [6, 6.07) is 2.19. The minimum absolute atomic E-state index is 0.223. The summed E-state index contributed by atoms with van der Waals surface area (Å²) in [6.45, 7) is 9.87. The summed E-state index contributed by atoms with van der Waals surface area (Å²) in [6.07, 6.45) is 5.57. The number of halogens is 1. The van der Waals surface area contributed by atoms with Gasteiger partial charge in [-0.3, -0.25) is 0 Å². The Morgan fingerprint density at radius 1 is 1.47 bits per heavy atom. The molecule has 2 heterocycles. The Kier molecular flexibility index (Phi) is 4.85. The monoisotopic (exact) mass is 325 g/mol. The average Bonchev–Trinajstić information content (AvgIpc) is 2.70. The van der Waals surface area contributed by atoms with Crippen molar-refractivity contribution in [2.45, 2.75) is 52.1 Å². The maximum absolute atomic E-state index is 4.67. The van der Waals surface area contributed by atoms with Gasteiger partial charge in [-0.25, -0.2) is 4.98 Å². The minimum atomic E-state index is 0.223. The van der Waals surface area contributed by atoms with Gasteiger partial charge in [-0.1, -0.05) is 6.92 Å². The summed E-state index contributed by atoms with van der Waals surface area (Å²) in [5, 5.41) is 3.48. The Bertz CT molecular complexity index is 431. The van der Waals surface area contributed by atoms with Gasteiger partial charge < -0.3 is 10.2 Å². The van der Waals surface area contributed by atoms with Gasteiger partial charge in [0.1, 0.15) is 5.82 Å². The van der Waals surface area contributed by atoms with Gasteiger partial charge in [0, 0.05) is 34.9 Å². The molecule has 3 nitrogen and oxygen atoms in total. The third-order valence-electron chi connectivity index (χ3n) is 3.81. The number of hydrogen-bond acceptors (Lipinski definition) is 3. The summed E-state index contributed by atoms with van der Waals surface area (Å²) in [5.41, 5.74) is 1.51. The van der Waals surface area contributed by atoms with Gasteiger partial charge in [-0.2, -0.15) is 0 Å². The van der Waals surface area contributed by atoms with Gasteiger partial charge in [0.05, 0.1) is 0 Å². The topological polar surface area (TPSA) is 28.2 Å². The van der Waals surface area contributed by atoms with E-state index < -0.39 is 0 Å². The molecule has 0 aliphatic carbocycles. The lowest BCUT2D eigenvalue weighted by Crippen LogP contribution is -2.39. The summed E-state index contributed by atoms with van der Waals surface area (Å²) < 4.78 is 1.06. The fourth-order valence-electron chi connectivity index (χ4n) is 2.75. The van der Waals surface area contributed by atoms with Crippen LogP contribution in [0.5, 0.6) is 0 Å². The Morgan fingerprint density at radius 2 is 2.26 bits per heavy atom. The fourth-order valence-corrected chi connectivity index (χ4v) is 3.13. The Morgan fingerprint density at radius 3 is 2.89 bits per heavy atom. The molecule has 2 rings (SSSR count). The highest BCUT2D eigenvalue weighted by molar-refractivity contribution is 9.10. The van der Waals surface area contributed by atoms with Crippen molar-refractivity contribution in [3.8, 4) is 0 Å². The largest absolute Gasteiger partial charge is 0.351 e. The second-order valence-electron chi connectivity index (χ2n) is 5.88. The number of aromatic nitrogens is 1. The Balaban J connectivity index is 2.23. The molecule has 19 heavy (non-hydrogen) atoms. The van der Waals surface area contributed by atoms with Crippen molar-refractivity contribution in [3.63, 3.8) is 0 Å². The molecule has 1 aromatic heterocycles. The highest BCUT2D eigenvalue weighted by Gasteiger charge is 2.33. The van der Waals surface area contributed by atoms with Crippen molar-refractivity contribution in [1.29, 1.82) is 0 Å². The summed E-state index contributed by atoms with van der Waals surface area (Å²) >= 11 is 3.53. The van der Waals surface area contributed by atoms with Crippen molar-refractivity contribution in [1.82, 2.24) is 10.3 Å². The standard InChI is InChI=1S/C15H24BrN3/c1-4-7-17-10-12-9-13(16)11-18-14(12)19-8-5-6-15(19,2)3/h9,11,17H,4-8,10H2,1-3H3. The smallest absolute Gasteiger partial charge is 0.133 e. The van der Waals surface area contributed by atoms with Crippen molar-refractivity contribution in [2.75, 3.05) is 18.0 Å². The van der Waals surface area contributed by atoms with Crippen LogP contribution < -0.4 is 10.2 Å². The van der Waals surface area contributed by atoms with Gasteiger partial charge in [-0.15, -0.1) is 0 Å². The van der Waals surface area contributed by atoms with Gasteiger partial charge in [0.15, 0.2) is 0 Å². The summed E-state index contributed by atoms with van der Waals surface area (Å²) in [5.74, 6) is 1.15. The number of pyridine rings is 1. The van der Waals surface area contributed by atoms with Crippen LogP contribution in [0.3, 0.4) is 0 Å². The van der Waals surface area contributed by atoms with Crippen LogP contribution in [0.15, 0.2) is 16.7 Å². The molecule has 1 N–H and O–H groups in total. The van der Waals surface area contributed by atoms with E-state index in [0.717, 1.165) is 36.3 Å². The fraction of sp³-hybridized carbons (Fsp3) is 0.667. The van der Waals surface area contributed by atoms with Crippen LogP contribution in [-0.4, -0.2) is 23.6 Å². The predicted octanol–water partition coefficient (Wildman–Crippen LogP) is 3.72. The first-order valence-corrected chi connectivity index (χ1v) is 7.96. The first-order chi connectivity index (χ1) is 9.04. The molecule has 1 aliphatic rings. The van der Waals surface area contributed by atoms with E-state index in [2.05, 4.69) is 58.0 Å². The zero-order valence-electron chi connectivity index (χ0n) is 12.2. The molecular weight excluding hydrogens is 302 g/mol. The quantitative estimate of drug-likeness (QED) is 0.836. The lowest BCUT2D eigenvalue weighted by molar-refractivity contribution is 0.512. The maximum Gasteiger partial charge on any atom is 0.133 e.